The zero-order valence-corrected chi connectivity index (χ0v) is 14.5. The lowest BCUT2D eigenvalue weighted by Crippen LogP contribution is -2.49. The Morgan fingerprint density at radius 3 is 2.68 bits per heavy atom. The van der Waals surface area contributed by atoms with Crippen LogP contribution < -0.4 is 15.4 Å². The van der Waals surface area contributed by atoms with Gasteiger partial charge in [-0.05, 0) is 53.4 Å². The van der Waals surface area contributed by atoms with E-state index in [9.17, 15) is 4.79 Å². The normalized spacial score (nSPS) is 17.3. The Morgan fingerprint density at radius 2 is 1.96 bits per heavy atom. The summed E-state index contributed by atoms with van der Waals surface area (Å²) >= 11 is 0. The van der Waals surface area contributed by atoms with Gasteiger partial charge in [0, 0.05) is 18.9 Å². The van der Waals surface area contributed by atoms with Crippen molar-refractivity contribution in [2.45, 2.75) is 19.9 Å². The quantitative estimate of drug-likeness (QED) is 0.883. The third kappa shape index (κ3) is 3.40. The molecule has 2 N–H and O–H groups in total. The van der Waals surface area contributed by atoms with Crippen molar-refractivity contribution in [2.24, 2.45) is 11.8 Å². The summed E-state index contributed by atoms with van der Waals surface area (Å²) < 4.78 is 5.57. The van der Waals surface area contributed by atoms with E-state index in [1.54, 1.807) is 0 Å². The largest absolute Gasteiger partial charge is 0.493 e. The molecule has 130 valence electrons. The average Bonchev–Trinajstić information content (AvgIpc) is 3.06. The van der Waals surface area contributed by atoms with Gasteiger partial charge in [0.1, 0.15) is 5.75 Å². The molecule has 2 aromatic rings. The van der Waals surface area contributed by atoms with Crippen LogP contribution in [-0.4, -0.2) is 25.6 Å². The van der Waals surface area contributed by atoms with Gasteiger partial charge in [-0.3, -0.25) is 4.79 Å². The molecule has 1 amide bonds. The van der Waals surface area contributed by atoms with Gasteiger partial charge in [-0.25, -0.2) is 0 Å². The van der Waals surface area contributed by atoms with Gasteiger partial charge in [0.05, 0.1) is 6.61 Å². The Labute approximate surface area is 148 Å². The maximum atomic E-state index is 12.2. The Balaban J connectivity index is 1.37. The summed E-state index contributed by atoms with van der Waals surface area (Å²) in [5, 5.41) is 6.28. The molecule has 0 bridgehead atoms. The molecule has 4 rings (SSSR count). The van der Waals surface area contributed by atoms with E-state index in [0.717, 1.165) is 37.4 Å². The van der Waals surface area contributed by atoms with Gasteiger partial charge in [-0.15, -0.1) is 0 Å². The Hall–Kier alpha value is -2.33. The SMILES string of the molecule is CC(C(=O)NCc1ccc(-c2ccc3c(c2)CCO3)cc1)C1CNC1. The number of benzene rings is 2. The second-order valence-electron chi connectivity index (χ2n) is 7.04. The molecule has 25 heavy (non-hydrogen) atoms. The molecule has 0 aliphatic carbocycles. The summed E-state index contributed by atoms with van der Waals surface area (Å²) in [4.78, 5) is 12.2. The molecule has 0 radical (unpaired) electrons. The van der Waals surface area contributed by atoms with Crippen molar-refractivity contribution in [3.63, 3.8) is 0 Å². The lowest BCUT2D eigenvalue weighted by Gasteiger charge is -2.31. The Kier molecular flexibility index (Phi) is 4.45. The molecule has 2 aliphatic heterocycles. The predicted molar refractivity (Wildman–Crippen MR) is 98.4 cm³/mol. The van der Waals surface area contributed by atoms with Gasteiger partial charge in [0.15, 0.2) is 0 Å². The highest BCUT2D eigenvalue weighted by atomic mass is 16.5. The minimum Gasteiger partial charge on any atom is -0.493 e. The maximum absolute atomic E-state index is 12.2. The number of hydrogen-bond donors (Lipinski definition) is 2. The van der Waals surface area contributed by atoms with Gasteiger partial charge in [-0.2, -0.15) is 0 Å². The van der Waals surface area contributed by atoms with Crippen LogP contribution in [0.3, 0.4) is 0 Å². The van der Waals surface area contributed by atoms with Crippen LogP contribution in [0.25, 0.3) is 11.1 Å². The topological polar surface area (TPSA) is 50.4 Å². The first-order valence-electron chi connectivity index (χ1n) is 9.04. The lowest BCUT2D eigenvalue weighted by molar-refractivity contribution is -0.126. The van der Waals surface area contributed by atoms with E-state index >= 15 is 0 Å². The highest BCUT2D eigenvalue weighted by Gasteiger charge is 2.28. The van der Waals surface area contributed by atoms with Gasteiger partial charge in [0.2, 0.25) is 5.91 Å². The molecule has 0 spiro atoms. The van der Waals surface area contributed by atoms with E-state index in [-0.39, 0.29) is 11.8 Å². The number of rotatable bonds is 5. The minimum atomic E-state index is 0.0779. The van der Waals surface area contributed by atoms with E-state index < -0.39 is 0 Å². The Bertz CT molecular complexity index is 766. The van der Waals surface area contributed by atoms with E-state index in [2.05, 4.69) is 53.1 Å². The predicted octanol–water partition coefficient (Wildman–Crippen LogP) is 2.76. The van der Waals surface area contributed by atoms with Crippen molar-refractivity contribution in [3.05, 3.63) is 53.6 Å². The number of hydrogen-bond acceptors (Lipinski definition) is 3. The number of fused-ring (bicyclic) bond motifs is 1. The summed E-state index contributed by atoms with van der Waals surface area (Å²) in [6, 6.07) is 14.8. The standard InChI is InChI=1S/C21H24N2O2/c1-14(19-12-22-13-19)21(24)23-11-15-2-4-16(5-3-15)17-6-7-20-18(10-17)8-9-25-20/h2-7,10,14,19,22H,8-9,11-13H2,1H3,(H,23,24). The second-order valence-corrected chi connectivity index (χ2v) is 7.04. The van der Waals surface area contributed by atoms with Crippen molar-refractivity contribution in [3.8, 4) is 16.9 Å². The number of carbonyl (C=O) groups is 1. The highest BCUT2D eigenvalue weighted by Crippen LogP contribution is 2.30. The van der Waals surface area contributed by atoms with Crippen molar-refractivity contribution in [1.29, 1.82) is 0 Å². The van der Waals surface area contributed by atoms with Gasteiger partial charge in [-0.1, -0.05) is 37.3 Å². The van der Waals surface area contributed by atoms with Gasteiger partial charge in [0.25, 0.3) is 0 Å². The number of amides is 1. The monoisotopic (exact) mass is 336 g/mol. The smallest absolute Gasteiger partial charge is 0.223 e. The first kappa shape index (κ1) is 16.2. The van der Waals surface area contributed by atoms with Crippen LogP contribution in [0.4, 0.5) is 0 Å². The number of nitrogens with one attached hydrogen (secondary N) is 2. The first-order valence-corrected chi connectivity index (χ1v) is 9.04. The highest BCUT2D eigenvalue weighted by molar-refractivity contribution is 5.78. The molecular weight excluding hydrogens is 312 g/mol. The van der Waals surface area contributed by atoms with Gasteiger partial charge < -0.3 is 15.4 Å². The molecule has 2 heterocycles. The molecule has 2 aromatic carbocycles. The minimum absolute atomic E-state index is 0.0779. The number of ether oxygens (including phenoxy) is 1. The lowest BCUT2D eigenvalue weighted by atomic mass is 9.88. The van der Waals surface area contributed by atoms with Crippen molar-refractivity contribution >= 4 is 5.91 Å². The van der Waals surface area contributed by atoms with Crippen LogP contribution >= 0.6 is 0 Å². The van der Waals surface area contributed by atoms with Crippen LogP contribution in [0.2, 0.25) is 0 Å². The van der Waals surface area contributed by atoms with Crippen molar-refractivity contribution < 1.29 is 9.53 Å². The molecule has 0 aromatic heterocycles. The van der Waals surface area contributed by atoms with E-state index in [1.165, 1.54) is 16.7 Å². The molecule has 1 atom stereocenters. The molecule has 2 aliphatic rings. The fourth-order valence-electron chi connectivity index (χ4n) is 3.41. The molecule has 1 saturated heterocycles. The number of carbonyl (C=O) groups excluding carboxylic acids is 1. The first-order chi connectivity index (χ1) is 12.2. The fraction of sp³-hybridized carbons (Fsp3) is 0.381. The molecule has 1 fully saturated rings. The third-order valence-corrected chi connectivity index (χ3v) is 5.38. The van der Waals surface area contributed by atoms with Crippen molar-refractivity contribution in [1.82, 2.24) is 10.6 Å². The molecule has 4 nitrogen and oxygen atoms in total. The molecule has 0 saturated carbocycles. The van der Waals surface area contributed by atoms with E-state index in [1.807, 2.05) is 6.92 Å². The average molecular weight is 336 g/mol. The van der Waals surface area contributed by atoms with E-state index in [4.69, 9.17) is 4.74 Å². The van der Waals surface area contributed by atoms with Crippen molar-refractivity contribution in [2.75, 3.05) is 19.7 Å². The zero-order valence-electron chi connectivity index (χ0n) is 14.5. The van der Waals surface area contributed by atoms with Crippen LogP contribution in [0.15, 0.2) is 42.5 Å². The second kappa shape index (κ2) is 6.89. The summed E-state index contributed by atoms with van der Waals surface area (Å²) in [5.41, 5.74) is 4.82. The molecule has 1 unspecified atom stereocenters. The molecule has 4 heteroatoms. The molecular formula is C21H24N2O2. The fourth-order valence-corrected chi connectivity index (χ4v) is 3.41. The zero-order chi connectivity index (χ0) is 17.2. The van der Waals surface area contributed by atoms with Crippen LogP contribution in [-0.2, 0) is 17.8 Å². The van der Waals surface area contributed by atoms with E-state index in [0.29, 0.717) is 12.5 Å². The van der Waals surface area contributed by atoms with Gasteiger partial charge >= 0.3 is 0 Å². The summed E-state index contributed by atoms with van der Waals surface area (Å²) in [6.45, 7) is 5.29. The maximum Gasteiger partial charge on any atom is 0.223 e. The van der Waals surface area contributed by atoms with Crippen LogP contribution in [0, 0.1) is 11.8 Å². The summed E-state index contributed by atoms with van der Waals surface area (Å²) in [5.74, 6) is 1.72. The van der Waals surface area contributed by atoms with Crippen LogP contribution in [0.5, 0.6) is 5.75 Å². The summed E-state index contributed by atoms with van der Waals surface area (Å²) in [6.07, 6.45) is 0.988. The summed E-state index contributed by atoms with van der Waals surface area (Å²) in [7, 11) is 0. The van der Waals surface area contributed by atoms with Crippen LogP contribution in [0.1, 0.15) is 18.1 Å². The third-order valence-electron chi connectivity index (χ3n) is 5.38. The Morgan fingerprint density at radius 1 is 1.20 bits per heavy atom.